The third-order valence-electron chi connectivity index (χ3n) is 3.65. The van der Waals surface area contributed by atoms with Crippen LogP contribution in [0.15, 0.2) is 39.9 Å². The molecule has 3 aromatic rings. The Balaban J connectivity index is 1.65. The molecule has 0 saturated heterocycles. The molecule has 0 aliphatic carbocycles. The van der Waals surface area contributed by atoms with E-state index in [2.05, 4.69) is 4.98 Å². The highest BCUT2D eigenvalue weighted by atomic mass is 32.1. The molecule has 0 aliphatic heterocycles. The van der Waals surface area contributed by atoms with E-state index in [1.54, 1.807) is 7.11 Å². The Bertz CT molecular complexity index is 953. The van der Waals surface area contributed by atoms with Gasteiger partial charge >= 0.3 is 5.69 Å². The van der Waals surface area contributed by atoms with Gasteiger partial charge in [0.25, 0.3) is 5.56 Å². The van der Waals surface area contributed by atoms with Gasteiger partial charge in [0.05, 0.1) is 19.1 Å². The number of rotatable bonds is 6. The minimum atomic E-state index is -0.376. The first kappa shape index (κ1) is 16.3. The van der Waals surface area contributed by atoms with E-state index in [1.807, 2.05) is 37.3 Å². The normalized spacial score (nSPS) is 10.9. The SMILES string of the molecule is COc1ccc(OCCCn2c(=O)[nH]c3sc(C)cc3c2=O)cc1. The number of benzene rings is 1. The largest absolute Gasteiger partial charge is 0.497 e. The summed E-state index contributed by atoms with van der Waals surface area (Å²) in [6, 6.07) is 9.08. The van der Waals surface area contributed by atoms with Crippen LogP contribution in [0.2, 0.25) is 0 Å². The van der Waals surface area contributed by atoms with E-state index in [4.69, 9.17) is 9.47 Å². The van der Waals surface area contributed by atoms with Crippen LogP contribution >= 0.6 is 11.3 Å². The summed E-state index contributed by atoms with van der Waals surface area (Å²) in [7, 11) is 1.61. The number of methoxy groups -OCH3 is 1. The number of aromatic nitrogens is 2. The van der Waals surface area contributed by atoms with Gasteiger partial charge in [0.15, 0.2) is 0 Å². The van der Waals surface area contributed by atoms with Gasteiger partial charge in [-0.2, -0.15) is 0 Å². The summed E-state index contributed by atoms with van der Waals surface area (Å²) in [5.74, 6) is 1.49. The predicted octanol–water partition coefficient (Wildman–Crippen LogP) is 2.54. The van der Waals surface area contributed by atoms with Crippen LogP contribution in [0.25, 0.3) is 10.2 Å². The number of H-pyrrole nitrogens is 1. The summed E-state index contributed by atoms with van der Waals surface area (Å²) < 4.78 is 11.9. The van der Waals surface area contributed by atoms with Crippen LogP contribution in [0.1, 0.15) is 11.3 Å². The molecule has 1 N–H and O–H groups in total. The van der Waals surface area contributed by atoms with Crippen molar-refractivity contribution in [1.29, 1.82) is 0 Å². The fourth-order valence-corrected chi connectivity index (χ4v) is 3.35. The molecule has 3 rings (SSSR count). The maximum atomic E-state index is 12.4. The lowest BCUT2D eigenvalue weighted by Crippen LogP contribution is -2.35. The van der Waals surface area contributed by atoms with Crippen molar-refractivity contribution in [1.82, 2.24) is 9.55 Å². The van der Waals surface area contributed by atoms with Crippen LogP contribution < -0.4 is 20.7 Å². The fourth-order valence-electron chi connectivity index (χ4n) is 2.46. The Labute approximate surface area is 142 Å². The molecule has 2 aromatic heterocycles. The van der Waals surface area contributed by atoms with Crippen molar-refractivity contribution in [2.75, 3.05) is 13.7 Å². The van der Waals surface area contributed by atoms with E-state index in [0.717, 1.165) is 16.4 Å². The van der Waals surface area contributed by atoms with Gasteiger partial charge in [0.1, 0.15) is 16.3 Å². The lowest BCUT2D eigenvalue weighted by atomic mass is 10.3. The summed E-state index contributed by atoms with van der Waals surface area (Å²) in [5, 5.41) is 0.563. The minimum Gasteiger partial charge on any atom is -0.497 e. The number of thiophene rings is 1. The number of aromatic amines is 1. The zero-order valence-corrected chi connectivity index (χ0v) is 14.3. The maximum absolute atomic E-state index is 12.4. The second-order valence-corrected chi connectivity index (χ2v) is 6.62. The van der Waals surface area contributed by atoms with Crippen LogP contribution in [0.4, 0.5) is 0 Å². The molecule has 0 saturated carbocycles. The van der Waals surface area contributed by atoms with Gasteiger partial charge in [-0.15, -0.1) is 11.3 Å². The Morgan fingerprint density at radius 1 is 1.17 bits per heavy atom. The molecule has 6 nitrogen and oxygen atoms in total. The van der Waals surface area contributed by atoms with Gasteiger partial charge in [0.2, 0.25) is 0 Å². The summed E-state index contributed by atoms with van der Waals surface area (Å²) in [4.78, 5) is 28.8. The topological polar surface area (TPSA) is 73.3 Å². The highest BCUT2D eigenvalue weighted by Crippen LogP contribution is 2.19. The average Bonchev–Trinajstić information content (AvgIpc) is 2.95. The van der Waals surface area contributed by atoms with E-state index >= 15 is 0 Å². The molecule has 7 heteroatoms. The van der Waals surface area contributed by atoms with Gasteiger partial charge in [-0.1, -0.05) is 0 Å². The number of hydrogen-bond acceptors (Lipinski definition) is 5. The van der Waals surface area contributed by atoms with Crippen LogP contribution in [0.5, 0.6) is 11.5 Å². The molecule has 0 amide bonds. The second kappa shape index (κ2) is 6.92. The zero-order chi connectivity index (χ0) is 17.1. The van der Waals surface area contributed by atoms with Gasteiger partial charge in [-0.05, 0) is 43.7 Å². The van der Waals surface area contributed by atoms with Crippen molar-refractivity contribution in [2.24, 2.45) is 0 Å². The minimum absolute atomic E-state index is 0.248. The number of aryl methyl sites for hydroxylation is 1. The molecule has 126 valence electrons. The second-order valence-electron chi connectivity index (χ2n) is 5.36. The quantitative estimate of drug-likeness (QED) is 0.696. The molecule has 0 bridgehead atoms. The third kappa shape index (κ3) is 3.35. The Hall–Kier alpha value is -2.54. The molecule has 1 aromatic carbocycles. The predicted molar refractivity (Wildman–Crippen MR) is 94.5 cm³/mol. The molecule has 0 spiro atoms. The van der Waals surface area contributed by atoms with E-state index < -0.39 is 0 Å². The monoisotopic (exact) mass is 346 g/mol. The van der Waals surface area contributed by atoms with E-state index in [0.29, 0.717) is 29.8 Å². The smallest absolute Gasteiger partial charge is 0.329 e. The summed E-state index contributed by atoms with van der Waals surface area (Å²) in [5.41, 5.74) is -0.624. The molecule has 0 fully saturated rings. The molecular weight excluding hydrogens is 328 g/mol. The number of nitrogens with one attached hydrogen (secondary N) is 1. The summed E-state index contributed by atoms with van der Waals surface area (Å²) >= 11 is 1.41. The van der Waals surface area contributed by atoms with Crippen LogP contribution in [0, 0.1) is 6.92 Å². The van der Waals surface area contributed by atoms with Crippen molar-refractivity contribution < 1.29 is 9.47 Å². The van der Waals surface area contributed by atoms with Gasteiger partial charge < -0.3 is 9.47 Å². The lowest BCUT2D eigenvalue weighted by molar-refractivity contribution is 0.299. The number of hydrogen-bond donors (Lipinski definition) is 1. The van der Waals surface area contributed by atoms with Crippen molar-refractivity contribution in [3.8, 4) is 11.5 Å². The van der Waals surface area contributed by atoms with Gasteiger partial charge in [0, 0.05) is 11.4 Å². The van der Waals surface area contributed by atoms with Gasteiger partial charge in [-0.3, -0.25) is 14.3 Å². The Morgan fingerprint density at radius 3 is 2.58 bits per heavy atom. The van der Waals surface area contributed by atoms with Crippen molar-refractivity contribution in [2.45, 2.75) is 19.9 Å². The number of nitrogens with zero attached hydrogens (tertiary/aromatic N) is 1. The molecule has 24 heavy (non-hydrogen) atoms. The van der Waals surface area contributed by atoms with E-state index in [9.17, 15) is 9.59 Å². The molecule has 0 radical (unpaired) electrons. The van der Waals surface area contributed by atoms with E-state index in [-0.39, 0.29) is 11.2 Å². The van der Waals surface area contributed by atoms with Crippen molar-refractivity contribution in [3.63, 3.8) is 0 Å². The first-order valence-electron chi connectivity index (χ1n) is 7.58. The lowest BCUT2D eigenvalue weighted by Gasteiger charge is -2.08. The standard InChI is InChI=1S/C17H18N2O4S/c1-11-10-14-15(24-11)18-17(21)19(16(14)20)8-3-9-23-13-6-4-12(22-2)5-7-13/h4-7,10H,3,8-9H2,1-2H3,(H,18,21). The molecular formula is C17H18N2O4S. The zero-order valence-electron chi connectivity index (χ0n) is 13.5. The van der Waals surface area contributed by atoms with Crippen LogP contribution in [-0.4, -0.2) is 23.3 Å². The average molecular weight is 346 g/mol. The van der Waals surface area contributed by atoms with E-state index in [1.165, 1.54) is 15.9 Å². The number of ether oxygens (including phenoxy) is 2. The molecule has 0 atom stereocenters. The van der Waals surface area contributed by atoms with Crippen LogP contribution in [0.3, 0.4) is 0 Å². The summed E-state index contributed by atoms with van der Waals surface area (Å²) in [6.45, 7) is 2.64. The van der Waals surface area contributed by atoms with Crippen LogP contribution in [-0.2, 0) is 6.54 Å². The molecule has 2 heterocycles. The highest BCUT2D eigenvalue weighted by Gasteiger charge is 2.09. The Morgan fingerprint density at radius 2 is 1.88 bits per heavy atom. The highest BCUT2D eigenvalue weighted by molar-refractivity contribution is 7.18. The number of fused-ring (bicyclic) bond motifs is 1. The summed E-state index contributed by atoms with van der Waals surface area (Å²) in [6.07, 6.45) is 0.559. The first-order chi connectivity index (χ1) is 11.6. The molecule has 0 aliphatic rings. The fraction of sp³-hybridized carbons (Fsp3) is 0.294. The third-order valence-corrected chi connectivity index (χ3v) is 4.62. The maximum Gasteiger partial charge on any atom is 0.329 e. The van der Waals surface area contributed by atoms with Crippen molar-refractivity contribution in [3.05, 3.63) is 56.0 Å². The molecule has 0 unspecified atom stereocenters. The van der Waals surface area contributed by atoms with Crippen molar-refractivity contribution >= 4 is 21.6 Å². The Kier molecular flexibility index (Phi) is 4.71. The van der Waals surface area contributed by atoms with Gasteiger partial charge in [-0.25, -0.2) is 4.79 Å². The first-order valence-corrected chi connectivity index (χ1v) is 8.40.